The highest BCUT2D eigenvalue weighted by Crippen LogP contribution is 2.32. The molecule has 3 nitrogen and oxygen atoms in total. The Kier molecular flexibility index (Phi) is 5.52. The van der Waals surface area contributed by atoms with Crippen molar-refractivity contribution in [3.05, 3.63) is 24.0 Å². The molecule has 1 aromatic rings. The van der Waals surface area contributed by atoms with E-state index in [-0.39, 0.29) is 11.7 Å². The van der Waals surface area contributed by atoms with Crippen LogP contribution >= 0.6 is 0 Å². The summed E-state index contributed by atoms with van der Waals surface area (Å²) in [7, 11) is 0. The van der Waals surface area contributed by atoms with Crippen LogP contribution in [0, 0.1) is 11.7 Å². The Balaban J connectivity index is 1.60. The van der Waals surface area contributed by atoms with Gasteiger partial charge in [-0.05, 0) is 37.3 Å². The molecule has 4 heteroatoms. The van der Waals surface area contributed by atoms with Gasteiger partial charge in [-0.1, -0.05) is 38.2 Å². The number of para-hydroxylation sites is 1. The molecule has 0 unspecified atom stereocenters. The molecular weight excluding hydrogens is 291 g/mol. The fourth-order valence-corrected chi connectivity index (χ4v) is 3.87. The zero-order chi connectivity index (χ0) is 16.1. The van der Waals surface area contributed by atoms with Gasteiger partial charge < -0.3 is 10.2 Å². The van der Waals surface area contributed by atoms with Crippen molar-refractivity contribution in [2.24, 2.45) is 5.92 Å². The summed E-state index contributed by atoms with van der Waals surface area (Å²) in [5.41, 5.74) is 1.19. The van der Waals surface area contributed by atoms with Crippen LogP contribution in [0.3, 0.4) is 0 Å². The first kappa shape index (κ1) is 16.3. The average molecular weight is 318 g/mol. The number of halogens is 1. The fraction of sp³-hybridized carbons (Fsp3) is 0.632. The van der Waals surface area contributed by atoms with Gasteiger partial charge in [0.15, 0.2) is 0 Å². The molecule has 1 amide bonds. The van der Waals surface area contributed by atoms with Gasteiger partial charge in [-0.3, -0.25) is 4.79 Å². The number of anilines is 2. The van der Waals surface area contributed by atoms with Gasteiger partial charge in [0.1, 0.15) is 11.5 Å². The summed E-state index contributed by atoms with van der Waals surface area (Å²) in [5.74, 6) is 0.287. The van der Waals surface area contributed by atoms with Gasteiger partial charge in [-0.15, -0.1) is 0 Å². The first-order valence-electron chi connectivity index (χ1n) is 9.07. The highest BCUT2D eigenvalue weighted by Gasteiger charge is 2.20. The zero-order valence-corrected chi connectivity index (χ0v) is 13.8. The Morgan fingerprint density at radius 2 is 1.87 bits per heavy atom. The summed E-state index contributed by atoms with van der Waals surface area (Å²) in [5, 5.41) is 2.84. The van der Waals surface area contributed by atoms with E-state index in [1.54, 1.807) is 6.07 Å². The van der Waals surface area contributed by atoms with E-state index in [0.29, 0.717) is 18.0 Å². The van der Waals surface area contributed by atoms with Gasteiger partial charge in [0.25, 0.3) is 0 Å². The fourth-order valence-electron chi connectivity index (χ4n) is 3.87. The smallest absolute Gasteiger partial charge is 0.224 e. The molecule has 3 rings (SSSR count). The minimum Gasteiger partial charge on any atom is -0.370 e. The van der Waals surface area contributed by atoms with Crippen LogP contribution in [-0.4, -0.2) is 19.0 Å². The van der Waals surface area contributed by atoms with Crippen LogP contribution in [0.15, 0.2) is 18.2 Å². The summed E-state index contributed by atoms with van der Waals surface area (Å²) >= 11 is 0. The number of hydrogen-bond donors (Lipinski definition) is 1. The van der Waals surface area contributed by atoms with Gasteiger partial charge in [0.05, 0.1) is 5.69 Å². The first-order chi connectivity index (χ1) is 11.2. The number of hydrogen-bond acceptors (Lipinski definition) is 2. The second-order valence-electron chi connectivity index (χ2n) is 6.92. The first-order valence-corrected chi connectivity index (χ1v) is 9.07. The maximum Gasteiger partial charge on any atom is 0.224 e. The predicted molar refractivity (Wildman–Crippen MR) is 92.3 cm³/mol. The lowest BCUT2D eigenvalue weighted by Gasteiger charge is -2.23. The molecule has 2 aliphatic rings. The molecule has 1 aliphatic heterocycles. The van der Waals surface area contributed by atoms with Crippen LogP contribution in [0.2, 0.25) is 0 Å². The maximum absolute atomic E-state index is 14.2. The summed E-state index contributed by atoms with van der Waals surface area (Å²) in [6, 6.07) is 5.06. The zero-order valence-electron chi connectivity index (χ0n) is 13.8. The predicted octanol–water partition coefficient (Wildman–Crippen LogP) is 4.72. The Hall–Kier alpha value is -1.58. The number of benzene rings is 1. The molecular formula is C19H27FN2O. The number of nitrogens with zero attached hydrogens (tertiary/aromatic N) is 1. The van der Waals surface area contributed by atoms with Crippen molar-refractivity contribution < 1.29 is 9.18 Å². The van der Waals surface area contributed by atoms with Gasteiger partial charge >= 0.3 is 0 Å². The van der Waals surface area contributed by atoms with E-state index in [2.05, 4.69) is 10.2 Å². The molecule has 2 fully saturated rings. The molecule has 0 spiro atoms. The third kappa shape index (κ3) is 4.24. The van der Waals surface area contributed by atoms with E-state index >= 15 is 0 Å². The molecule has 23 heavy (non-hydrogen) atoms. The molecule has 0 radical (unpaired) electrons. The number of carbonyl (C=O) groups is 1. The van der Waals surface area contributed by atoms with Crippen LogP contribution < -0.4 is 10.2 Å². The molecule has 0 atom stereocenters. The van der Waals surface area contributed by atoms with Crippen molar-refractivity contribution >= 4 is 17.3 Å². The second kappa shape index (κ2) is 7.80. The molecule has 1 aromatic carbocycles. The Bertz CT molecular complexity index is 534. The Labute approximate surface area is 138 Å². The molecule has 1 heterocycles. The molecule has 1 saturated carbocycles. The molecule has 0 aromatic heterocycles. The third-order valence-corrected chi connectivity index (χ3v) is 5.21. The third-order valence-electron chi connectivity index (χ3n) is 5.21. The van der Waals surface area contributed by atoms with Gasteiger partial charge in [0.2, 0.25) is 5.91 Å². The topological polar surface area (TPSA) is 32.3 Å². The Morgan fingerprint density at radius 1 is 1.13 bits per heavy atom. The van der Waals surface area contributed by atoms with Crippen LogP contribution in [0.25, 0.3) is 0 Å². The number of amides is 1. The van der Waals surface area contributed by atoms with Crippen molar-refractivity contribution in [2.75, 3.05) is 23.3 Å². The van der Waals surface area contributed by atoms with Crippen molar-refractivity contribution in [3.8, 4) is 0 Å². The normalized spacial score (nSPS) is 19.1. The van der Waals surface area contributed by atoms with Crippen LogP contribution in [-0.2, 0) is 4.79 Å². The molecule has 126 valence electrons. The van der Waals surface area contributed by atoms with Gasteiger partial charge in [-0.25, -0.2) is 4.39 Å². The quantitative estimate of drug-likeness (QED) is 0.851. The lowest BCUT2D eigenvalue weighted by atomic mass is 9.86. The summed E-state index contributed by atoms with van der Waals surface area (Å²) < 4.78 is 14.2. The minimum absolute atomic E-state index is 0.0545. The van der Waals surface area contributed by atoms with Gasteiger partial charge in [-0.2, -0.15) is 0 Å². The number of rotatable bonds is 5. The van der Waals surface area contributed by atoms with E-state index in [1.165, 1.54) is 38.2 Å². The summed E-state index contributed by atoms with van der Waals surface area (Å²) in [4.78, 5) is 14.4. The number of carbonyl (C=O) groups excluding carboxylic acids is 1. The van der Waals surface area contributed by atoms with Crippen molar-refractivity contribution in [1.82, 2.24) is 0 Å². The molecule has 1 saturated heterocycles. The largest absolute Gasteiger partial charge is 0.370 e. The molecule has 1 N–H and O–H groups in total. The monoisotopic (exact) mass is 318 g/mol. The van der Waals surface area contributed by atoms with E-state index in [1.807, 2.05) is 6.07 Å². The van der Waals surface area contributed by atoms with Crippen molar-refractivity contribution in [1.29, 1.82) is 0 Å². The highest BCUT2D eigenvalue weighted by molar-refractivity contribution is 5.94. The van der Waals surface area contributed by atoms with Crippen molar-refractivity contribution in [2.45, 2.75) is 57.8 Å². The summed E-state index contributed by atoms with van der Waals surface area (Å²) in [6.45, 7) is 1.88. The lowest BCUT2D eigenvalue weighted by molar-refractivity contribution is -0.116. The maximum atomic E-state index is 14.2. The van der Waals surface area contributed by atoms with E-state index < -0.39 is 0 Å². The molecule has 1 aliphatic carbocycles. The van der Waals surface area contributed by atoms with Crippen LogP contribution in [0.4, 0.5) is 15.8 Å². The highest BCUT2D eigenvalue weighted by atomic mass is 19.1. The molecule has 0 bridgehead atoms. The number of nitrogens with one attached hydrogen (secondary N) is 1. The minimum atomic E-state index is -0.333. The SMILES string of the molecule is O=C(CCC1CCCCC1)Nc1c(F)cccc1N1CCCC1. The van der Waals surface area contributed by atoms with E-state index in [4.69, 9.17) is 0 Å². The summed E-state index contributed by atoms with van der Waals surface area (Å²) in [6.07, 6.45) is 10.1. The standard InChI is InChI=1S/C19H27FN2O/c20-16-9-6-10-17(22-13-4-5-14-22)19(16)21-18(23)12-11-15-7-2-1-3-8-15/h6,9-10,15H,1-5,7-8,11-14H2,(H,21,23). The van der Waals surface area contributed by atoms with E-state index in [0.717, 1.165) is 38.0 Å². The van der Waals surface area contributed by atoms with E-state index in [9.17, 15) is 9.18 Å². The average Bonchev–Trinajstić information content (AvgIpc) is 3.10. The lowest BCUT2D eigenvalue weighted by Crippen LogP contribution is -2.22. The van der Waals surface area contributed by atoms with Crippen LogP contribution in [0.1, 0.15) is 57.8 Å². The van der Waals surface area contributed by atoms with Gasteiger partial charge in [0, 0.05) is 19.5 Å². The second-order valence-corrected chi connectivity index (χ2v) is 6.92. The Morgan fingerprint density at radius 3 is 2.61 bits per heavy atom. The van der Waals surface area contributed by atoms with Crippen LogP contribution in [0.5, 0.6) is 0 Å². The van der Waals surface area contributed by atoms with Crippen molar-refractivity contribution in [3.63, 3.8) is 0 Å².